The number of unbranched alkanes of at least 4 members (excludes halogenated alkanes) is 2. The van der Waals surface area contributed by atoms with Gasteiger partial charge in [-0.3, -0.25) is 0 Å². The van der Waals surface area contributed by atoms with Gasteiger partial charge in [0.25, 0.3) is 0 Å². The van der Waals surface area contributed by atoms with Crippen LogP contribution in [0.4, 0.5) is 0 Å². The Morgan fingerprint density at radius 1 is 1.24 bits per heavy atom. The van der Waals surface area contributed by atoms with E-state index in [-0.39, 0.29) is 18.4 Å². The van der Waals surface area contributed by atoms with Crippen molar-refractivity contribution in [1.82, 2.24) is 0 Å². The fourth-order valence-corrected chi connectivity index (χ4v) is 3.40. The van der Waals surface area contributed by atoms with E-state index in [0.29, 0.717) is 5.75 Å². The summed E-state index contributed by atoms with van der Waals surface area (Å²) in [5.41, 5.74) is 7.26. The highest BCUT2D eigenvalue weighted by Gasteiger charge is 2.11. The summed E-state index contributed by atoms with van der Waals surface area (Å²) in [5.74, 6) is 0.366. The lowest BCUT2D eigenvalue weighted by molar-refractivity contribution is 0.466. The maximum Gasteiger partial charge on any atom is 0.142 e. The van der Waals surface area contributed by atoms with Gasteiger partial charge in [-0.25, -0.2) is 0 Å². The van der Waals surface area contributed by atoms with Crippen molar-refractivity contribution >= 4 is 57.6 Å². The second kappa shape index (κ2) is 8.77. The van der Waals surface area contributed by atoms with Crippen LogP contribution in [-0.4, -0.2) is 5.11 Å². The third kappa shape index (κ3) is 5.48. The number of hydrogen-bond donors (Lipinski definition) is 2. The van der Waals surface area contributed by atoms with E-state index in [1.54, 1.807) is 0 Å². The Morgan fingerprint density at radius 2 is 1.76 bits per heavy atom. The van der Waals surface area contributed by atoms with Gasteiger partial charge in [-0.2, -0.15) is 0 Å². The van der Waals surface area contributed by atoms with Crippen molar-refractivity contribution in [2.75, 3.05) is 0 Å². The molecule has 17 heavy (non-hydrogen) atoms. The largest absolute Gasteiger partial charge is 0.506 e. The van der Waals surface area contributed by atoms with Crippen LogP contribution in [0.1, 0.15) is 44.2 Å². The Balaban J connectivity index is 0.00000256. The smallest absolute Gasteiger partial charge is 0.142 e. The van der Waals surface area contributed by atoms with Crippen LogP contribution in [0.3, 0.4) is 0 Å². The molecule has 0 aromatic heterocycles. The summed E-state index contributed by atoms with van der Waals surface area (Å²) in [7, 11) is 0. The zero-order valence-corrected chi connectivity index (χ0v) is 14.9. The molecule has 0 aliphatic carbocycles. The molecule has 1 aromatic carbocycles. The SMILES string of the molecule is CCCCC[C@H](N)c1cc(I)c(O)c(I)c1.Cl. The zero-order valence-electron chi connectivity index (χ0n) is 9.75. The molecule has 98 valence electrons. The van der Waals surface area contributed by atoms with Crippen LogP contribution in [0.15, 0.2) is 12.1 Å². The average Bonchev–Trinajstić information content (AvgIpc) is 2.25. The monoisotopic (exact) mass is 481 g/mol. The number of aromatic hydroxyl groups is 1. The standard InChI is InChI=1S/C12H17I2NO.ClH/c1-2-3-4-5-11(15)8-6-9(13)12(16)10(14)7-8;/h6-7,11,16H,2-5,15H2,1H3;1H/t11-;/m0./s1. The van der Waals surface area contributed by atoms with Crippen molar-refractivity contribution in [3.8, 4) is 5.75 Å². The van der Waals surface area contributed by atoms with E-state index in [1.165, 1.54) is 19.3 Å². The van der Waals surface area contributed by atoms with Crippen molar-refractivity contribution in [2.45, 2.75) is 38.6 Å². The van der Waals surface area contributed by atoms with Gasteiger partial charge in [0.15, 0.2) is 0 Å². The van der Waals surface area contributed by atoms with Gasteiger partial charge in [0, 0.05) is 6.04 Å². The van der Waals surface area contributed by atoms with Crippen LogP contribution >= 0.6 is 57.6 Å². The third-order valence-electron chi connectivity index (χ3n) is 2.59. The van der Waals surface area contributed by atoms with Crippen LogP contribution in [0.2, 0.25) is 0 Å². The van der Waals surface area contributed by atoms with E-state index in [2.05, 4.69) is 52.1 Å². The quantitative estimate of drug-likeness (QED) is 0.477. The number of benzene rings is 1. The summed E-state index contributed by atoms with van der Waals surface area (Å²) in [6.07, 6.45) is 4.65. The lowest BCUT2D eigenvalue weighted by atomic mass is 10.0. The molecule has 1 rings (SSSR count). The number of halogens is 3. The number of hydrogen-bond acceptors (Lipinski definition) is 2. The van der Waals surface area contributed by atoms with E-state index in [1.807, 2.05) is 12.1 Å². The second-order valence-electron chi connectivity index (χ2n) is 3.94. The van der Waals surface area contributed by atoms with Crippen LogP contribution in [-0.2, 0) is 0 Å². The van der Waals surface area contributed by atoms with Gasteiger partial charge in [0.05, 0.1) is 7.14 Å². The van der Waals surface area contributed by atoms with Gasteiger partial charge in [-0.05, 0) is 69.3 Å². The first-order chi connectivity index (χ1) is 7.56. The number of phenols is 1. The van der Waals surface area contributed by atoms with E-state index in [9.17, 15) is 5.11 Å². The molecule has 0 aliphatic rings. The Bertz CT molecular complexity index is 337. The van der Waals surface area contributed by atoms with Crippen molar-refractivity contribution in [1.29, 1.82) is 0 Å². The fraction of sp³-hybridized carbons (Fsp3) is 0.500. The lowest BCUT2D eigenvalue weighted by Crippen LogP contribution is -2.10. The molecule has 0 spiro atoms. The number of nitrogens with two attached hydrogens (primary N) is 1. The minimum atomic E-state index is 0. The molecule has 0 unspecified atom stereocenters. The molecule has 0 radical (unpaired) electrons. The van der Waals surface area contributed by atoms with Crippen LogP contribution in [0.25, 0.3) is 0 Å². The van der Waals surface area contributed by atoms with Crippen molar-refractivity contribution < 1.29 is 5.11 Å². The molecule has 2 nitrogen and oxygen atoms in total. The average molecular weight is 482 g/mol. The topological polar surface area (TPSA) is 46.2 Å². The molecule has 0 saturated carbocycles. The summed E-state index contributed by atoms with van der Waals surface area (Å²) < 4.78 is 1.76. The normalized spacial score (nSPS) is 12.0. The molecule has 0 saturated heterocycles. The van der Waals surface area contributed by atoms with Crippen LogP contribution < -0.4 is 5.73 Å². The third-order valence-corrected chi connectivity index (χ3v) is 4.23. The Kier molecular flexibility index (Phi) is 9.14. The van der Waals surface area contributed by atoms with Crippen molar-refractivity contribution in [3.63, 3.8) is 0 Å². The fourth-order valence-electron chi connectivity index (χ4n) is 1.58. The predicted octanol–water partition coefficient (Wildman–Crippen LogP) is 4.60. The van der Waals surface area contributed by atoms with E-state index >= 15 is 0 Å². The molecule has 1 aromatic rings. The molecule has 3 N–H and O–H groups in total. The predicted molar refractivity (Wildman–Crippen MR) is 91.9 cm³/mol. The highest BCUT2D eigenvalue weighted by molar-refractivity contribution is 14.1. The molecule has 0 aliphatic heterocycles. The van der Waals surface area contributed by atoms with Gasteiger partial charge in [-0.15, -0.1) is 12.4 Å². The molecule has 5 heteroatoms. The zero-order chi connectivity index (χ0) is 12.1. The van der Waals surface area contributed by atoms with Crippen molar-refractivity contribution in [3.05, 3.63) is 24.8 Å². The minimum Gasteiger partial charge on any atom is -0.506 e. The van der Waals surface area contributed by atoms with Crippen LogP contribution in [0, 0.1) is 7.14 Å². The maximum atomic E-state index is 9.67. The van der Waals surface area contributed by atoms with Crippen molar-refractivity contribution in [2.24, 2.45) is 5.73 Å². The van der Waals surface area contributed by atoms with E-state index in [0.717, 1.165) is 19.1 Å². The highest BCUT2D eigenvalue weighted by atomic mass is 127. The Labute approximate surface area is 136 Å². The first-order valence-electron chi connectivity index (χ1n) is 5.49. The molecule has 0 amide bonds. The first kappa shape index (κ1) is 17.7. The Hall–Kier alpha value is 0.730. The number of rotatable bonds is 5. The first-order valence-corrected chi connectivity index (χ1v) is 7.65. The summed E-state index contributed by atoms with van der Waals surface area (Å²) in [4.78, 5) is 0. The maximum absolute atomic E-state index is 9.67. The molecule has 1 atom stereocenters. The molecular weight excluding hydrogens is 463 g/mol. The van der Waals surface area contributed by atoms with Gasteiger partial charge >= 0.3 is 0 Å². The van der Waals surface area contributed by atoms with E-state index in [4.69, 9.17) is 5.73 Å². The molecule has 0 heterocycles. The summed E-state index contributed by atoms with van der Waals surface area (Å²) >= 11 is 4.29. The lowest BCUT2D eigenvalue weighted by Gasteiger charge is -2.13. The van der Waals surface area contributed by atoms with Gasteiger partial charge < -0.3 is 10.8 Å². The van der Waals surface area contributed by atoms with Gasteiger partial charge in [-0.1, -0.05) is 26.2 Å². The van der Waals surface area contributed by atoms with Gasteiger partial charge in [0.2, 0.25) is 0 Å². The number of phenolic OH excluding ortho intramolecular Hbond substituents is 1. The summed E-state index contributed by atoms with van der Waals surface area (Å²) in [6, 6.07) is 4.05. The minimum absolute atomic E-state index is 0. The molecular formula is C12H18ClI2NO. The highest BCUT2D eigenvalue weighted by Crippen LogP contribution is 2.30. The molecule has 0 bridgehead atoms. The van der Waals surface area contributed by atoms with E-state index < -0.39 is 0 Å². The Morgan fingerprint density at radius 3 is 2.24 bits per heavy atom. The van der Waals surface area contributed by atoms with Gasteiger partial charge in [0.1, 0.15) is 5.75 Å². The summed E-state index contributed by atoms with van der Waals surface area (Å²) in [6.45, 7) is 2.19. The van der Waals surface area contributed by atoms with Crippen LogP contribution in [0.5, 0.6) is 5.75 Å². The second-order valence-corrected chi connectivity index (χ2v) is 6.26. The molecule has 0 fully saturated rings. The summed E-state index contributed by atoms with van der Waals surface area (Å²) in [5, 5.41) is 9.67.